The third kappa shape index (κ3) is 1.37. The Labute approximate surface area is 99.2 Å². The third-order valence-electron chi connectivity index (χ3n) is 3.51. The second-order valence-corrected chi connectivity index (χ2v) is 4.83. The van der Waals surface area contributed by atoms with Gasteiger partial charge in [-0.3, -0.25) is 0 Å². The molecule has 0 fully saturated rings. The van der Waals surface area contributed by atoms with E-state index in [1.54, 1.807) is 0 Å². The van der Waals surface area contributed by atoms with Gasteiger partial charge in [0.05, 0.1) is 5.71 Å². The van der Waals surface area contributed by atoms with Crippen LogP contribution < -0.4 is 0 Å². The summed E-state index contributed by atoms with van der Waals surface area (Å²) in [5, 5.41) is 13.4. The quantitative estimate of drug-likeness (QED) is 0.416. The van der Waals surface area contributed by atoms with Crippen LogP contribution in [0.2, 0.25) is 5.02 Å². The number of fused-ring (bicyclic) bond motifs is 4. The number of nitrogens with zero attached hydrogens (tertiary/aromatic N) is 1. The molecule has 2 aliphatic rings. The van der Waals surface area contributed by atoms with E-state index in [0.29, 0.717) is 0 Å². The second kappa shape index (κ2) is 3.63. The van der Waals surface area contributed by atoms with Gasteiger partial charge >= 0.3 is 0 Å². The molecule has 1 aromatic rings. The molecule has 2 aliphatic carbocycles. The van der Waals surface area contributed by atoms with Gasteiger partial charge in [0.2, 0.25) is 0 Å². The van der Waals surface area contributed by atoms with Crippen molar-refractivity contribution in [2.75, 3.05) is 0 Å². The number of oxime groups is 1. The molecule has 0 aromatic heterocycles. The molecule has 0 saturated heterocycles. The molecule has 2 nitrogen and oxygen atoms in total. The highest BCUT2D eigenvalue weighted by atomic mass is 35.5. The van der Waals surface area contributed by atoms with Crippen molar-refractivity contribution in [3.05, 3.63) is 46.5 Å². The van der Waals surface area contributed by atoms with Gasteiger partial charge in [0, 0.05) is 16.9 Å². The fourth-order valence-corrected chi connectivity index (χ4v) is 2.98. The Hall–Kier alpha value is -1.28. The second-order valence-electron chi connectivity index (χ2n) is 4.40. The van der Waals surface area contributed by atoms with Crippen molar-refractivity contribution in [2.45, 2.75) is 18.8 Å². The lowest BCUT2D eigenvalue weighted by Gasteiger charge is -2.33. The third-order valence-corrected chi connectivity index (χ3v) is 3.75. The Morgan fingerprint density at radius 2 is 2.25 bits per heavy atom. The molecule has 0 aliphatic heterocycles. The van der Waals surface area contributed by atoms with Crippen LogP contribution in [-0.2, 0) is 6.42 Å². The van der Waals surface area contributed by atoms with Crippen LogP contribution >= 0.6 is 11.6 Å². The molecule has 0 amide bonds. The average molecular weight is 234 g/mol. The van der Waals surface area contributed by atoms with Gasteiger partial charge in [-0.2, -0.15) is 0 Å². The molecule has 0 heterocycles. The fourth-order valence-electron chi connectivity index (χ4n) is 2.79. The zero-order valence-corrected chi connectivity index (χ0v) is 9.48. The molecular formula is C13H12ClNO. The SMILES string of the molecule is O/N=C1/C2C=CCC1c1ccc(Cl)cc1C2. The number of hydrogen-bond donors (Lipinski definition) is 1. The Morgan fingerprint density at radius 3 is 3.06 bits per heavy atom. The maximum Gasteiger partial charge on any atom is 0.0720 e. The van der Waals surface area contributed by atoms with Gasteiger partial charge in [-0.25, -0.2) is 0 Å². The summed E-state index contributed by atoms with van der Waals surface area (Å²) in [5.74, 6) is 0.482. The summed E-state index contributed by atoms with van der Waals surface area (Å²) in [6, 6.07) is 6.00. The molecule has 3 rings (SSSR count). The summed E-state index contributed by atoms with van der Waals surface area (Å²) in [5.41, 5.74) is 3.45. The molecule has 3 heteroatoms. The Balaban J connectivity index is 2.16. The van der Waals surface area contributed by atoms with E-state index < -0.39 is 0 Å². The number of rotatable bonds is 0. The fraction of sp³-hybridized carbons (Fsp3) is 0.308. The first kappa shape index (κ1) is 9.91. The highest BCUT2D eigenvalue weighted by Crippen LogP contribution is 2.39. The van der Waals surface area contributed by atoms with Crippen LogP contribution in [0.4, 0.5) is 0 Å². The zero-order chi connectivity index (χ0) is 11.1. The number of benzene rings is 1. The molecule has 16 heavy (non-hydrogen) atoms. The van der Waals surface area contributed by atoms with E-state index in [4.69, 9.17) is 16.8 Å². The molecule has 2 unspecified atom stereocenters. The van der Waals surface area contributed by atoms with Crippen molar-refractivity contribution in [2.24, 2.45) is 11.1 Å². The smallest absolute Gasteiger partial charge is 0.0720 e. The number of hydrogen-bond acceptors (Lipinski definition) is 2. The van der Waals surface area contributed by atoms with Gasteiger partial charge in [0.1, 0.15) is 0 Å². The molecule has 0 radical (unpaired) electrons. The van der Waals surface area contributed by atoms with Crippen LogP contribution in [0.3, 0.4) is 0 Å². The van der Waals surface area contributed by atoms with Gasteiger partial charge in [0.15, 0.2) is 0 Å². The molecular weight excluding hydrogens is 222 g/mol. The normalized spacial score (nSPS) is 29.2. The van der Waals surface area contributed by atoms with Crippen LogP contribution in [0.15, 0.2) is 35.5 Å². The highest BCUT2D eigenvalue weighted by Gasteiger charge is 2.34. The van der Waals surface area contributed by atoms with Crippen LogP contribution in [-0.4, -0.2) is 10.9 Å². The summed E-state index contributed by atoms with van der Waals surface area (Å²) in [6.45, 7) is 0. The van der Waals surface area contributed by atoms with Crippen molar-refractivity contribution in [1.82, 2.24) is 0 Å². The molecule has 0 spiro atoms. The summed E-state index contributed by atoms with van der Waals surface area (Å²) in [4.78, 5) is 0. The van der Waals surface area contributed by atoms with Crippen LogP contribution in [0, 0.1) is 5.92 Å². The first-order valence-corrected chi connectivity index (χ1v) is 5.84. The van der Waals surface area contributed by atoms with Crippen molar-refractivity contribution in [1.29, 1.82) is 0 Å². The predicted octanol–water partition coefficient (Wildman–Crippen LogP) is 3.39. The standard InChI is InChI=1S/C13H12ClNO/c14-10-4-5-11-9(7-10)6-8-2-1-3-12(11)13(8)15-16/h1-2,4-5,7-8,12,16H,3,6H2/b15-13-. The van der Waals surface area contributed by atoms with E-state index in [-0.39, 0.29) is 11.8 Å². The lowest BCUT2D eigenvalue weighted by molar-refractivity contribution is 0.312. The Kier molecular flexibility index (Phi) is 2.25. The minimum atomic E-state index is 0.237. The van der Waals surface area contributed by atoms with Gasteiger partial charge in [-0.05, 0) is 36.1 Å². The van der Waals surface area contributed by atoms with E-state index >= 15 is 0 Å². The van der Waals surface area contributed by atoms with Gasteiger partial charge in [0.25, 0.3) is 0 Å². The van der Waals surface area contributed by atoms with E-state index in [1.807, 2.05) is 12.1 Å². The maximum absolute atomic E-state index is 9.11. The summed E-state index contributed by atoms with van der Waals surface area (Å²) >= 11 is 6.01. The van der Waals surface area contributed by atoms with Crippen molar-refractivity contribution < 1.29 is 5.21 Å². The maximum atomic E-state index is 9.11. The largest absolute Gasteiger partial charge is 0.411 e. The summed E-state index contributed by atoms with van der Waals surface area (Å²) in [7, 11) is 0. The highest BCUT2D eigenvalue weighted by molar-refractivity contribution is 6.30. The van der Waals surface area contributed by atoms with Crippen LogP contribution in [0.5, 0.6) is 0 Å². The molecule has 1 aromatic carbocycles. The predicted molar refractivity (Wildman–Crippen MR) is 64.4 cm³/mol. The summed E-state index contributed by atoms with van der Waals surface area (Å²) in [6.07, 6.45) is 6.13. The molecule has 2 bridgehead atoms. The number of halogens is 1. The zero-order valence-electron chi connectivity index (χ0n) is 8.73. The van der Waals surface area contributed by atoms with E-state index in [1.165, 1.54) is 11.1 Å². The summed E-state index contributed by atoms with van der Waals surface area (Å²) < 4.78 is 0. The first-order valence-electron chi connectivity index (χ1n) is 5.46. The van der Waals surface area contributed by atoms with E-state index in [2.05, 4.69) is 23.4 Å². The lowest BCUT2D eigenvalue weighted by Crippen LogP contribution is -2.31. The molecule has 82 valence electrons. The minimum Gasteiger partial charge on any atom is -0.411 e. The lowest BCUT2D eigenvalue weighted by atomic mass is 9.71. The topological polar surface area (TPSA) is 32.6 Å². The van der Waals surface area contributed by atoms with Gasteiger partial charge < -0.3 is 5.21 Å². The average Bonchev–Trinajstić information content (AvgIpc) is 2.28. The van der Waals surface area contributed by atoms with Gasteiger partial charge in [-0.1, -0.05) is 35.0 Å². The van der Waals surface area contributed by atoms with Crippen molar-refractivity contribution in [3.63, 3.8) is 0 Å². The van der Waals surface area contributed by atoms with Crippen molar-refractivity contribution >= 4 is 17.3 Å². The van der Waals surface area contributed by atoms with E-state index in [0.717, 1.165) is 23.6 Å². The number of allylic oxidation sites excluding steroid dienone is 2. The Bertz CT molecular complexity index is 493. The van der Waals surface area contributed by atoms with Crippen LogP contribution in [0.1, 0.15) is 23.5 Å². The van der Waals surface area contributed by atoms with Gasteiger partial charge in [-0.15, -0.1) is 0 Å². The van der Waals surface area contributed by atoms with Crippen LogP contribution in [0.25, 0.3) is 0 Å². The monoisotopic (exact) mass is 233 g/mol. The van der Waals surface area contributed by atoms with E-state index in [9.17, 15) is 0 Å². The first-order chi connectivity index (χ1) is 7.79. The minimum absolute atomic E-state index is 0.237. The Morgan fingerprint density at radius 1 is 1.38 bits per heavy atom. The molecule has 0 saturated carbocycles. The molecule has 2 atom stereocenters. The van der Waals surface area contributed by atoms with Crippen molar-refractivity contribution in [3.8, 4) is 0 Å². The molecule has 1 N–H and O–H groups in total.